The molecule has 0 nitrogen and oxygen atoms in total. The Morgan fingerprint density at radius 2 is 1.54 bits per heavy atom. The Kier molecular flexibility index (Phi) is 6.24. The molecule has 0 unspecified atom stereocenters. The van der Waals surface area contributed by atoms with E-state index in [-0.39, 0.29) is 57.4 Å². The Labute approximate surface area is 118 Å². The number of benzene rings is 1. The fourth-order valence-electron chi connectivity index (χ4n) is 0.784. The minimum absolute atomic E-state index is 0. The molecule has 0 spiro atoms. The average Bonchev–Trinajstić information content (AvgIpc) is 2.02. The van der Waals surface area contributed by atoms with Crippen LogP contribution in [0.4, 0.5) is 12.9 Å². The Balaban J connectivity index is 0.00000144. The van der Waals surface area contributed by atoms with Gasteiger partial charge < -0.3 is 12.9 Å². The second-order valence-corrected chi connectivity index (χ2v) is 2.40. The van der Waals surface area contributed by atoms with Gasteiger partial charge in [0, 0.05) is 0 Å². The average molecular weight is 210 g/mol. The molecule has 0 heterocycles. The van der Waals surface area contributed by atoms with Gasteiger partial charge in [0.2, 0.25) is 0 Å². The molecule has 0 fully saturated rings. The van der Waals surface area contributed by atoms with Gasteiger partial charge in [-0.25, -0.2) is 0 Å². The largest absolute Gasteiger partial charge is 1.00 e. The molecule has 0 aliphatic heterocycles. The van der Waals surface area contributed by atoms with Crippen molar-refractivity contribution < 1.29 is 64.3 Å². The molecule has 0 bridgehead atoms. The molecule has 0 atom stereocenters. The fourth-order valence-corrected chi connectivity index (χ4v) is 0.784. The van der Waals surface area contributed by atoms with Crippen LogP contribution in [0.15, 0.2) is 36.3 Å². The standard InChI is InChI=1S/C8H7BF3.K/c10-9(11,12)7-6-8-4-2-1-3-5-8;/h1-7H;/q-1;+1. The molecule has 0 aromatic heterocycles. The van der Waals surface area contributed by atoms with Gasteiger partial charge in [0.25, 0.3) is 0 Å². The van der Waals surface area contributed by atoms with E-state index in [0.29, 0.717) is 5.56 Å². The number of hydrogen-bond acceptors (Lipinski definition) is 0. The number of rotatable bonds is 2. The summed E-state index contributed by atoms with van der Waals surface area (Å²) in [6.45, 7) is -4.81. The summed E-state index contributed by atoms with van der Waals surface area (Å²) >= 11 is 0. The van der Waals surface area contributed by atoms with Crippen molar-refractivity contribution in [1.29, 1.82) is 0 Å². The zero-order valence-corrected chi connectivity index (χ0v) is 10.4. The predicted octanol–water partition coefficient (Wildman–Crippen LogP) is 0.0904. The summed E-state index contributed by atoms with van der Waals surface area (Å²) in [5.41, 5.74) is 0.566. The van der Waals surface area contributed by atoms with E-state index in [9.17, 15) is 12.9 Å². The molecule has 13 heavy (non-hydrogen) atoms. The fraction of sp³-hybridized carbons (Fsp3) is 0. The van der Waals surface area contributed by atoms with Gasteiger partial charge in [-0.1, -0.05) is 36.4 Å². The first-order valence-corrected chi connectivity index (χ1v) is 3.52. The van der Waals surface area contributed by atoms with Crippen LogP contribution >= 0.6 is 0 Å². The van der Waals surface area contributed by atoms with Gasteiger partial charge in [0.1, 0.15) is 0 Å². The first kappa shape index (κ1) is 13.5. The Hall–Kier alpha value is 0.451. The molecule has 5 heteroatoms. The first-order valence-electron chi connectivity index (χ1n) is 3.52. The van der Waals surface area contributed by atoms with E-state index >= 15 is 0 Å². The van der Waals surface area contributed by atoms with Gasteiger partial charge in [-0.2, -0.15) is 0 Å². The van der Waals surface area contributed by atoms with Gasteiger partial charge in [0.05, 0.1) is 0 Å². The van der Waals surface area contributed by atoms with Crippen LogP contribution in [0.1, 0.15) is 5.56 Å². The minimum Gasteiger partial charge on any atom is -0.445 e. The number of hydrogen-bond donors (Lipinski definition) is 0. The van der Waals surface area contributed by atoms with Crippen LogP contribution in [-0.2, 0) is 0 Å². The van der Waals surface area contributed by atoms with Crippen molar-refractivity contribution in [3.63, 3.8) is 0 Å². The van der Waals surface area contributed by atoms with Crippen molar-refractivity contribution >= 4 is 13.1 Å². The minimum atomic E-state index is -4.81. The van der Waals surface area contributed by atoms with E-state index in [4.69, 9.17) is 0 Å². The van der Waals surface area contributed by atoms with E-state index in [1.165, 1.54) is 0 Å². The second-order valence-electron chi connectivity index (χ2n) is 2.40. The van der Waals surface area contributed by atoms with Crippen LogP contribution in [0, 0.1) is 0 Å². The van der Waals surface area contributed by atoms with Crippen molar-refractivity contribution in [3.8, 4) is 0 Å². The maximum absolute atomic E-state index is 11.7. The Morgan fingerprint density at radius 3 is 2.00 bits per heavy atom. The van der Waals surface area contributed by atoms with Gasteiger partial charge in [-0.3, -0.25) is 0 Å². The van der Waals surface area contributed by atoms with E-state index in [1.807, 2.05) is 0 Å². The van der Waals surface area contributed by atoms with Crippen LogP contribution in [0.25, 0.3) is 6.08 Å². The maximum Gasteiger partial charge on any atom is 1.00 e. The summed E-state index contributed by atoms with van der Waals surface area (Å²) < 4.78 is 35.2. The first-order chi connectivity index (χ1) is 5.58. The zero-order valence-electron chi connectivity index (χ0n) is 7.25. The van der Waals surface area contributed by atoms with Crippen molar-refractivity contribution in [2.24, 2.45) is 0 Å². The maximum atomic E-state index is 11.7. The van der Waals surface area contributed by atoms with E-state index < -0.39 is 6.98 Å². The van der Waals surface area contributed by atoms with E-state index in [1.54, 1.807) is 30.3 Å². The van der Waals surface area contributed by atoms with Crippen molar-refractivity contribution in [1.82, 2.24) is 0 Å². The van der Waals surface area contributed by atoms with E-state index in [0.717, 1.165) is 6.08 Å². The van der Waals surface area contributed by atoms with Crippen LogP contribution < -0.4 is 51.4 Å². The zero-order chi connectivity index (χ0) is 9.03. The van der Waals surface area contributed by atoms with Crippen LogP contribution in [0.3, 0.4) is 0 Å². The van der Waals surface area contributed by atoms with Crippen molar-refractivity contribution in [2.45, 2.75) is 0 Å². The Bertz CT molecular complexity index is 268. The third-order valence-corrected chi connectivity index (χ3v) is 1.31. The van der Waals surface area contributed by atoms with Crippen LogP contribution in [0.5, 0.6) is 0 Å². The molecule has 0 amide bonds. The summed E-state index contributed by atoms with van der Waals surface area (Å²) in [4.78, 5) is 0. The van der Waals surface area contributed by atoms with Crippen LogP contribution in [-0.4, -0.2) is 6.98 Å². The molecule has 64 valence electrons. The van der Waals surface area contributed by atoms with Crippen molar-refractivity contribution in [2.75, 3.05) is 0 Å². The molecule has 0 aliphatic carbocycles. The SMILES string of the molecule is F[B-](F)(F)C=Cc1ccccc1.[K+]. The molecular formula is C8H7BF3K. The third-order valence-electron chi connectivity index (χ3n) is 1.31. The van der Waals surface area contributed by atoms with Gasteiger partial charge in [0.15, 0.2) is 0 Å². The molecule has 0 N–H and O–H groups in total. The summed E-state index contributed by atoms with van der Waals surface area (Å²) in [7, 11) is 0. The van der Waals surface area contributed by atoms with Gasteiger partial charge in [-0.15, -0.1) is 5.98 Å². The molecule has 1 aromatic carbocycles. The molecule has 0 radical (unpaired) electrons. The quantitative estimate of drug-likeness (QED) is 0.607. The van der Waals surface area contributed by atoms with Crippen LogP contribution in [0.2, 0.25) is 0 Å². The van der Waals surface area contributed by atoms with Crippen molar-refractivity contribution in [3.05, 3.63) is 41.9 Å². The monoisotopic (exact) mass is 210 g/mol. The van der Waals surface area contributed by atoms with Gasteiger partial charge >= 0.3 is 58.4 Å². The summed E-state index contributed by atoms with van der Waals surface area (Å²) in [6, 6.07) is 8.40. The molecule has 0 saturated carbocycles. The van der Waals surface area contributed by atoms with E-state index in [2.05, 4.69) is 0 Å². The molecular weight excluding hydrogens is 203 g/mol. The molecule has 1 aromatic rings. The summed E-state index contributed by atoms with van der Waals surface area (Å²) in [5, 5.41) is 0. The second kappa shape index (κ2) is 6.03. The smallest absolute Gasteiger partial charge is 0.445 e. The van der Waals surface area contributed by atoms with Gasteiger partial charge in [-0.05, 0) is 5.56 Å². The molecule has 1 rings (SSSR count). The molecule has 0 saturated heterocycles. The predicted molar refractivity (Wildman–Crippen MR) is 44.6 cm³/mol. The summed E-state index contributed by atoms with van der Waals surface area (Å²) in [6.07, 6.45) is 1.07. The normalized spacial score (nSPS) is 11.3. The Morgan fingerprint density at radius 1 is 1.00 bits per heavy atom. The third kappa shape index (κ3) is 6.51. The molecule has 0 aliphatic rings. The topological polar surface area (TPSA) is 0 Å². The summed E-state index contributed by atoms with van der Waals surface area (Å²) in [5.74, 6) is 0.287. The number of halogens is 3.